The van der Waals surface area contributed by atoms with Gasteiger partial charge < -0.3 is 4.90 Å². The van der Waals surface area contributed by atoms with E-state index in [1.807, 2.05) is 53.4 Å². The quantitative estimate of drug-likeness (QED) is 0.764. The average molecular weight is 265 g/mol. The van der Waals surface area contributed by atoms with E-state index in [1.165, 1.54) is 0 Å². The van der Waals surface area contributed by atoms with E-state index in [0.717, 1.165) is 16.8 Å². The Morgan fingerprint density at radius 2 is 1.50 bits per heavy atom. The zero-order valence-electron chi connectivity index (χ0n) is 12.1. The van der Waals surface area contributed by atoms with Crippen LogP contribution in [0.5, 0.6) is 0 Å². The molecular weight excluding hydrogens is 246 g/mol. The van der Waals surface area contributed by atoms with Gasteiger partial charge in [-0.05, 0) is 38.0 Å². The molecule has 0 saturated carbocycles. The van der Waals surface area contributed by atoms with Crippen LogP contribution in [0.1, 0.15) is 37.8 Å². The molecule has 0 aliphatic carbocycles. The summed E-state index contributed by atoms with van der Waals surface area (Å²) in [4.78, 5) is 14.9. The van der Waals surface area contributed by atoms with Gasteiger partial charge in [-0.1, -0.05) is 48.5 Å². The predicted molar refractivity (Wildman–Crippen MR) is 82.0 cm³/mol. The molecule has 2 aromatic rings. The largest absolute Gasteiger partial charge is 0.306 e. The summed E-state index contributed by atoms with van der Waals surface area (Å²) in [6, 6.07) is 18.1. The molecule has 102 valence electrons. The molecule has 0 fully saturated rings. The first-order valence-corrected chi connectivity index (χ1v) is 6.98. The molecule has 0 spiro atoms. The monoisotopic (exact) mass is 265 g/mol. The zero-order chi connectivity index (χ0) is 14.3. The number of anilines is 1. The molecule has 2 heteroatoms. The van der Waals surface area contributed by atoms with Crippen LogP contribution in [-0.4, -0.2) is 11.4 Å². The van der Waals surface area contributed by atoms with Gasteiger partial charge in [-0.3, -0.25) is 4.79 Å². The third-order valence-corrected chi connectivity index (χ3v) is 3.76. The molecule has 0 aromatic heterocycles. The number of carbonyl (C=O) groups is 1. The van der Waals surface area contributed by atoms with Crippen molar-refractivity contribution in [2.75, 3.05) is 4.90 Å². The lowest BCUT2D eigenvalue weighted by Gasteiger charge is -2.32. The topological polar surface area (TPSA) is 20.3 Å². The third kappa shape index (κ3) is 1.92. The van der Waals surface area contributed by atoms with Crippen LogP contribution in [0.3, 0.4) is 0 Å². The second-order valence-corrected chi connectivity index (χ2v) is 6.25. The summed E-state index contributed by atoms with van der Waals surface area (Å²) in [6.07, 6.45) is 0. The minimum absolute atomic E-state index is 0.171. The molecule has 20 heavy (non-hydrogen) atoms. The predicted octanol–water partition coefficient (Wildman–Crippen LogP) is 3.96. The molecule has 0 saturated heterocycles. The Morgan fingerprint density at radius 3 is 2.15 bits per heavy atom. The molecule has 0 N–H and O–H groups in total. The summed E-state index contributed by atoms with van der Waals surface area (Å²) >= 11 is 0. The highest BCUT2D eigenvalue weighted by molar-refractivity contribution is 6.07. The van der Waals surface area contributed by atoms with Gasteiger partial charge in [0, 0.05) is 11.2 Å². The van der Waals surface area contributed by atoms with E-state index in [1.54, 1.807) is 0 Å². The number of benzene rings is 2. The minimum Gasteiger partial charge on any atom is -0.306 e. The molecule has 0 radical (unpaired) electrons. The van der Waals surface area contributed by atoms with Gasteiger partial charge in [0.25, 0.3) is 0 Å². The van der Waals surface area contributed by atoms with Crippen LogP contribution in [0, 0.1) is 0 Å². The van der Waals surface area contributed by atoms with Crippen LogP contribution in [0.15, 0.2) is 54.6 Å². The summed E-state index contributed by atoms with van der Waals surface area (Å²) < 4.78 is 0. The van der Waals surface area contributed by atoms with E-state index in [2.05, 4.69) is 26.8 Å². The van der Waals surface area contributed by atoms with Gasteiger partial charge in [0.15, 0.2) is 0 Å². The Hall–Kier alpha value is -2.09. The summed E-state index contributed by atoms with van der Waals surface area (Å²) in [7, 11) is 0. The first kappa shape index (κ1) is 12.9. The van der Waals surface area contributed by atoms with Crippen LogP contribution >= 0.6 is 0 Å². The number of hydrogen-bond donors (Lipinski definition) is 0. The standard InChI is InChI=1S/C18H19NO/c1-18(2,3)19-15-12-8-7-11-14(15)16(17(19)20)13-9-5-4-6-10-13/h4-12,16H,1-3H3. The highest BCUT2D eigenvalue weighted by Gasteiger charge is 2.42. The number of nitrogens with zero attached hydrogens (tertiary/aromatic N) is 1. The molecule has 1 amide bonds. The van der Waals surface area contributed by atoms with Crippen molar-refractivity contribution >= 4 is 11.6 Å². The van der Waals surface area contributed by atoms with Gasteiger partial charge in [-0.2, -0.15) is 0 Å². The lowest BCUT2D eigenvalue weighted by atomic mass is 9.93. The van der Waals surface area contributed by atoms with E-state index in [9.17, 15) is 4.79 Å². The fourth-order valence-corrected chi connectivity index (χ4v) is 2.98. The van der Waals surface area contributed by atoms with Crippen LogP contribution in [-0.2, 0) is 4.79 Å². The molecule has 0 bridgehead atoms. The fourth-order valence-electron chi connectivity index (χ4n) is 2.98. The van der Waals surface area contributed by atoms with Crippen LogP contribution in [0.25, 0.3) is 0 Å². The van der Waals surface area contributed by atoms with Crippen LogP contribution in [0.2, 0.25) is 0 Å². The number of fused-ring (bicyclic) bond motifs is 1. The number of para-hydroxylation sites is 1. The Bertz CT molecular complexity index is 640. The van der Waals surface area contributed by atoms with E-state index in [0.29, 0.717) is 0 Å². The van der Waals surface area contributed by atoms with E-state index in [-0.39, 0.29) is 17.4 Å². The van der Waals surface area contributed by atoms with Gasteiger partial charge in [0.1, 0.15) is 0 Å². The highest BCUT2D eigenvalue weighted by Crippen LogP contribution is 2.43. The average Bonchev–Trinajstić information content (AvgIpc) is 2.71. The first-order chi connectivity index (χ1) is 9.50. The molecule has 1 unspecified atom stereocenters. The lowest BCUT2D eigenvalue weighted by Crippen LogP contribution is -2.44. The van der Waals surface area contributed by atoms with Crippen molar-refractivity contribution in [1.29, 1.82) is 0 Å². The van der Waals surface area contributed by atoms with Gasteiger partial charge >= 0.3 is 0 Å². The maximum atomic E-state index is 12.9. The second kappa shape index (κ2) is 4.48. The minimum atomic E-state index is -0.212. The third-order valence-electron chi connectivity index (χ3n) is 3.76. The Labute approximate surface area is 120 Å². The van der Waals surface area contributed by atoms with E-state index < -0.39 is 0 Å². The van der Waals surface area contributed by atoms with Crippen molar-refractivity contribution in [1.82, 2.24) is 0 Å². The number of hydrogen-bond acceptors (Lipinski definition) is 1. The smallest absolute Gasteiger partial charge is 0.239 e. The van der Waals surface area contributed by atoms with Gasteiger partial charge in [-0.25, -0.2) is 0 Å². The normalized spacial score (nSPS) is 18.2. The first-order valence-electron chi connectivity index (χ1n) is 6.98. The summed E-state index contributed by atoms with van der Waals surface area (Å²) in [5, 5.41) is 0. The zero-order valence-corrected chi connectivity index (χ0v) is 12.1. The second-order valence-electron chi connectivity index (χ2n) is 6.25. The molecule has 1 aliphatic rings. The van der Waals surface area contributed by atoms with Gasteiger partial charge in [-0.15, -0.1) is 0 Å². The molecule has 1 atom stereocenters. The van der Waals surface area contributed by atoms with Crippen molar-refractivity contribution < 1.29 is 4.79 Å². The van der Waals surface area contributed by atoms with Crippen molar-refractivity contribution in [3.05, 3.63) is 65.7 Å². The number of amides is 1. The van der Waals surface area contributed by atoms with Gasteiger partial charge in [0.05, 0.1) is 5.92 Å². The molecule has 2 aromatic carbocycles. The fraction of sp³-hybridized carbons (Fsp3) is 0.278. The summed E-state index contributed by atoms with van der Waals surface area (Å²) in [5.41, 5.74) is 3.01. The van der Waals surface area contributed by atoms with Crippen molar-refractivity contribution in [3.63, 3.8) is 0 Å². The highest BCUT2D eigenvalue weighted by atomic mass is 16.2. The molecular formula is C18H19NO. The van der Waals surface area contributed by atoms with Crippen LogP contribution < -0.4 is 4.90 Å². The molecule has 1 aliphatic heterocycles. The van der Waals surface area contributed by atoms with E-state index in [4.69, 9.17) is 0 Å². The molecule has 2 nitrogen and oxygen atoms in total. The lowest BCUT2D eigenvalue weighted by molar-refractivity contribution is -0.119. The van der Waals surface area contributed by atoms with E-state index >= 15 is 0 Å². The number of rotatable bonds is 1. The van der Waals surface area contributed by atoms with Crippen molar-refractivity contribution in [2.24, 2.45) is 0 Å². The Kier molecular flexibility index (Phi) is 2.89. The molecule has 3 rings (SSSR count). The maximum absolute atomic E-state index is 12.9. The van der Waals surface area contributed by atoms with Gasteiger partial charge in [0.2, 0.25) is 5.91 Å². The summed E-state index contributed by atoms with van der Waals surface area (Å²) in [5.74, 6) is -0.00322. The summed E-state index contributed by atoms with van der Waals surface area (Å²) in [6.45, 7) is 6.24. The van der Waals surface area contributed by atoms with Crippen LogP contribution in [0.4, 0.5) is 5.69 Å². The maximum Gasteiger partial charge on any atom is 0.239 e. The van der Waals surface area contributed by atoms with Crippen molar-refractivity contribution in [3.8, 4) is 0 Å². The molecule has 1 heterocycles. The Balaban J connectivity index is 2.17. The Morgan fingerprint density at radius 1 is 0.900 bits per heavy atom. The SMILES string of the molecule is CC(C)(C)N1C(=O)C(c2ccccc2)c2ccccc21. The number of carbonyl (C=O) groups excluding carboxylic acids is 1. The van der Waals surface area contributed by atoms with Crippen molar-refractivity contribution in [2.45, 2.75) is 32.2 Å².